The molecule has 0 unspecified atom stereocenters. The summed E-state index contributed by atoms with van der Waals surface area (Å²) in [6, 6.07) is 22.7. The van der Waals surface area contributed by atoms with Crippen LogP contribution in [-0.2, 0) is 7.05 Å². The van der Waals surface area contributed by atoms with Gasteiger partial charge in [0.2, 0.25) is 0 Å². The first-order valence-corrected chi connectivity index (χ1v) is 12.2. The summed E-state index contributed by atoms with van der Waals surface area (Å²) in [5, 5.41) is 14.8. The Hall–Kier alpha value is -3.95. The molecule has 6 heteroatoms. The van der Waals surface area contributed by atoms with Gasteiger partial charge in [-0.2, -0.15) is 10.4 Å². The Bertz CT molecular complexity index is 1470. The number of aromatic nitrogens is 2. The van der Waals surface area contributed by atoms with Crippen LogP contribution in [-0.4, -0.2) is 38.7 Å². The molecule has 3 atom stereocenters. The minimum Gasteiger partial charge on any atom is -0.333 e. The lowest BCUT2D eigenvalue weighted by Gasteiger charge is -2.38. The third-order valence-electron chi connectivity index (χ3n) is 7.53. The highest BCUT2D eigenvalue weighted by Crippen LogP contribution is 2.38. The predicted octanol–water partition coefficient (Wildman–Crippen LogP) is 4.87. The maximum Gasteiger partial charge on any atom is 0.254 e. The van der Waals surface area contributed by atoms with E-state index in [1.54, 1.807) is 0 Å². The smallest absolute Gasteiger partial charge is 0.254 e. The van der Waals surface area contributed by atoms with Crippen molar-refractivity contribution in [2.45, 2.75) is 43.8 Å². The van der Waals surface area contributed by atoms with Gasteiger partial charge in [0.25, 0.3) is 5.91 Å². The molecule has 0 spiro atoms. The minimum absolute atomic E-state index is 0.0913. The highest BCUT2D eigenvalue weighted by atomic mass is 16.2. The Morgan fingerprint density at radius 1 is 0.971 bits per heavy atom. The molecule has 2 fully saturated rings. The molecule has 0 saturated carbocycles. The molecule has 6 rings (SSSR count). The molecule has 0 aliphatic carbocycles. The van der Waals surface area contributed by atoms with Crippen molar-refractivity contribution >= 4 is 16.8 Å². The standard InChI is InChI=1S/C29H27N5O/c1-33-17-22-12-20(7-11-28(22)32-33)26-10-6-21(13-27(26)19-4-2-18(16-30)3-5-19)29(35)34-24-8-9-25(34)15-23(31)14-24/h2-7,10-13,17,23-25H,8-9,14-15,31H2,1H3/t23-,24-,25+. The van der Waals surface area contributed by atoms with Crippen molar-refractivity contribution in [1.82, 2.24) is 14.7 Å². The summed E-state index contributed by atoms with van der Waals surface area (Å²) in [4.78, 5) is 15.8. The second-order valence-corrected chi connectivity index (χ2v) is 9.85. The third kappa shape index (κ3) is 3.78. The van der Waals surface area contributed by atoms with Gasteiger partial charge in [-0.25, -0.2) is 0 Å². The fraction of sp³-hybridized carbons (Fsp3) is 0.276. The quantitative estimate of drug-likeness (QED) is 0.471. The number of nitrogens with two attached hydrogens (primary N) is 1. The van der Waals surface area contributed by atoms with Gasteiger partial charge in [-0.15, -0.1) is 0 Å². The Morgan fingerprint density at radius 3 is 2.40 bits per heavy atom. The highest BCUT2D eigenvalue weighted by molar-refractivity contribution is 5.99. The number of aryl methyl sites for hydroxylation is 1. The molecule has 174 valence electrons. The van der Waals surface area contributed by atoms with Crippen LogP contribution in [0.15, 0.2) is 66.9 Å². The second-order valence-electron chi connectivity index (χ2n) is 9.85. The Morgan fingerprint density at radius 2 is 1.69 bits per heavy atom. The van der Waals surface area contributed by atoms with Gasteiger partial charge < -0.3 is 10.6 Å². The van der Waals surface area contributed by atoms with Crippen LogP contribution >= 0.6 is 0 Å². The SMILES string of the molecule is Cn1cc2cc(-c3ccc(C(=O)N4[C@@H]5CC[C@H]4C[C@H](N)C5)cc3-c3ccc(C#N)cc3)ccc2n1. The molecular weight excluding hydrogens is 434 g/mol. The van der Waals surface area contributed by atoms with Crippen molar-refractivity contribution in [3.63, 3.8) is 0 Å². The fourth-order valence-corrected chi connectivity index (χ4v) is 5.91. The van der Waals surface area contributed by atoms with Crippen molar-refractivity contribution in [2.75, 3.05) is 0 Å². The van der Waals surface area contributed by atoms with Crippen LogP contribution in [0.2, 0.25) is 0 Å². The molecule has 1 amide bonds. The number of benzene rings is 3. The van der Waals surface area contributed by atoms with Crippen LogP contribution in [0.4, 0.5) is 0 Å². The lowest BCUT2D eigenvalue weighted by molar-refractivity contribution is 0.0575. The Labute approximate surface area is 204 Å². The summed E-state index contributed by atoms with van der Waals surface area (Å²) in [7, 11) is 1.92. The fourth-order valence-electron chi connectivity index (χ4n) is 5.91. The number of fused-ring (bicyclic) bond motifs is 3. The maximum atomic E-state index is 13.7. The second kappa shape index (κ2) is 8.37. The van der Waals surface area contributed by atoms with Gasteiger partial charge in [-0.3, -0.25) is 9.48 Å². The van der Waals surface area contributed by atoms with E-state index in [1.165, 1.54) is 0 Å². The van der Waals surface area contributed by atoms with E-state index < -0.39 is 0 Å². The van der Waals surface area contributed by atoms with E-state index in [0.717, 1.165) is 58.8 Å². The molecule has 2 aliphatic heterocycles. The van der Waals surface area contributed by atoms with Gasteiger partial charge >= 0.3 is 0 Å². The molecule has 2 saturated heterocycles. The monoisotopic (exact) mass is 461 g/mol. The average molecular weight is 462 g/mol. The number of amides is 1. The molecule has 6 nitrogen and oxygen atoms in total. The van der Waals surface area contributed by atoms with Crippen molar-refractivity contribution in [3.05, 3.63) is 78.0 Å². The summed E-state index contributed by atoms with van der Waals surface area (Å²) in [5.41, 5.74) is 12.6. The van der Waals surface area contributed by atoms with Crippen molar-refractivity contribution in [3.8, 4) is 28.3 Å². The maximum absolute atomic E-state index is 13.7. The van der Waals surface area contributed by atoms with Crippen LogP contribution in [0.25, 0.3) is 33.2 Å². The van der Waals surface area contributed by atoms with Crippen LogP contribution < -0.4 is 5.73 Å². The number of hydrogen-bond acceptors (Lipinski definition) is 4. The van der Waals surface area contributed by atoms with Crippen LogP contribution in [0.3, 0.4) is 0 Å². The summed E-state index contributed by atoms with van der Waals surface area (Å²) in [6.45, 7) is 0. The summed E-state index contributed by atoms with van der Waals surface area (Å²) < 4.78 is 1.82. The van der Waals surface area contributed by atoms with E-state index in [2.05, 4.69) is 34.3 Å². The highest BCUT2D eigenvalue weighted by Gasteiger charge is 2.42. The average Bonchev–Trinajstić information content (AvgIpc) is 3.38. The van der Waals surface area contributed by atoms with Gasteiger partial charge in [0.05, 0.1) is 17.1 Å². The zero-order chi connectivity index (χ0) is 24.1. The van der Waals surface area contributed by atoms with Crippen molar-refractivity contribution in [2.24, 2.45) is 12.8 Å². The molecule has 2 N–H and O–H groups in total. The van der Waals surface area contributed by atoms with Gasteiger partial charge in [-0.05, 0) is 84.3 Å². The molecule has 0 radical (unpaired) electrons. The predicted molar refractivity (Wildman–Crippen MR) is 136 cm³/mol. The molecule has 1 aromatic heterocycles. The molecule has 2 bridgehead atoms. The first-order valence-electron chi connectivity index (χ1n) is 12.2. The zero-order valence-corrected chi connectivity index (χ0v) is 19.7. The molecule has 4 aromatic rings. The van der Waals surface area contributed by atoms with E-state index in [0.29, 0.717) is 11.1 Å². The number of carbonyl (C=O) groups excluding carboxylic acids is 1. The first kappa shape index (κ1) is 21.6. The number of rotatable bonds is 3. The largest absolute Gasteiger partial charge is 0.333 e. The van der Waals surface area contributed by atoms with Crippen LogP contribution in [0.5, 0.6) is 0 Å². The lowest BCUT2D eigenvalue weighted by atomic mass is 9.91. The van der Waals surface area contributed by atoms with Crippen molar-refractivity contribution < 1.29 is 4.79 Å². The van der Waals surface area contributed by atoms with Crippen LogP contribution in [0.1, 0.15) is 41.6 Å². The van der Waals surface area contributed by atoms with E-state index in [1.807, 2.05) is 60.4 Å². The Kier molecular flexibility index (Phi) is 5.16. The van der Waals surface area contributed by atoms with E-state index >= 15 is 0 Å². The normalized spacial score (nSPS) is 21.3. The summed E-state index contributed by atoms with van der Waals surface area (Å²) in [5.74, 6) is 0.0913. The number of carbonyl (C=O) groups is 1. The molecule has 3 heterocycles. The topological polar surface area (TPSA) is 87.9 Å². The third-order valence-corrected chi connectivity index (χ3v) is 7.53. The Balaban J connectivity index is 1.45. The van der Waals surface area contributed by atoms with E-state index in [4.69, 9.17) is 5.73 Å². The van der Waals surface area contributed by atoms with Crippen molar-refractivity contribution in [1.29, 1.82) is 5.26 Å². The summed E-state index contributed by atoms with van der Waals surface area (Å²) >= 11 is 0. The number of nitrogens with zero attached hydrogens (tertiary/aromatic N) is 4. The van der Waals surface area contributed by atoms with E-state index in [9.17, 15) is 10.1 Å². The molecule has 3 aromatic carbocycles. The molecule has 2 aliphatic rings. The number of hydrogen-bond donors (Lipinski definition) is 1. The summed E-state index contributed by atoms with van der Waals surface area (Å²) in [6.07, 6.45) is 5.85. The molecular formula is C29H27N5O. The lowest BCUT2D eigenvalue weighted by Crippen LogP contribution is -2.50. The minimum atomic E-state index is 0.0913. The van der Waals surface area contributed by atoms with Gasteiger partial charge in [0.1, 0.15) is 0 Å². The number of nitriles is 1. The van der Waals surface area contributed by atoms with Gasteiger partial charge in [0.15, 0.2) is 0 Å². The zero-order valence-electron chi connectivity index (χ0n) is 19.7. The van der Waals surface area contributed by atoms with Gasteiger partial charge in [-0.1, -0.05) is 24.3 Å². The van der Waals surface area contributed by atoms with E-state index in [-0.39, 0.29) is 24.0 Å². The molecule has 35 heavy (non-hydrogen) atoms. The van der Waals surface area contributed by atoms with Crippen LogP contribution in [0, 0.1) is 11.3 Å². The van der Waals surface area contributed by atoms with Gasteiger partial charge in [0, 0.05) is 42.3 Å². The number of piperidine rings is 1. The first-order chi connectivity index (χ1) is 17.0.